The first-order chi connectivity index (χ1) is 10.8. The van der Waals surface area contributed by atoms with Crippen molar-refractivity contribution >= 4 is 11.5 Å². The van der Waals surface area contributed by atoms with Crippen LogP contribution in [0.5, 0.6) is 0 Å². The molecule has 0 saturated carbocycles. The van der Waals surface area contributed by atoms with Crippen molar-refractivity contribution < 1.29 is 0 Å². The molecule has 3 heterocycles. The van der Waals surface area contributed by atoms with E-state index in [1.165, 1.54) is 41.9 Å². The largest absolute Gasteiger partial charge is 0.384 e. The predicted molar refractivity (Wildman–Crippen MR) is 90.5 cm³/mol. The average Bonchev–Trinajstić information content (AvgIpc) is 2.75. The Morgan fingerprint density at radius 3 is 2.73 bits per heavy atom. The third kappa shape index (κ3) is 2.32. The van der Waals surface area contributed by atoms with Gasteiger partial charge in [0.15, 0.2) is 0 Å². The molecule has 4 heteroatoms. The molecule has 0 spiro atoms. The normalized spacial score (nSPS) is 17.2. The third-order valence-corrected chi connectivity index (χ3v) is 4.63. The van der Waals surface area contributed by atoms with Gasteiger partial charge in [0.2, 0.25) is 0 Å². The maximum atomic E-state index is 4.81. The van der Waals surface area contributed by atoms with Crippen molar-refractivity contribution in [2.24, 2.45) is 0 Å². The molecule has 0 amide bonds. The second-order valence-electron chi connectivity index (χ2n) is 6.19. The van der Waals surface area contributed by atoms with Crippen LogP contribution in [0.15, 0.2) is 24.3 Å². The SMILES string of the molecule is Cc1nc2c(c(N3CCCCC3)n1)CCNc1ccccc1-2. The van der Waals surface area contributed by atoms with Gasteiger partial charge in [-0.2, -0.15) is 0 Å². The number of hydrogen-bond donors (Lipinski definition) is 1. The number of benzene rings is 1. The summed E-state index contributed by atoms with van der Waals surface area (Å²) in [5, 5.41) is 3.54. The molecule has 1 aromatic carbocycles. The molecule has 2 aromatic rings. The summed E-state index contributed by atoms with van der Waals surface area (Å²) in [6.45, 7) is 5.20. The number of piperidine rings is 1. The van der Waals surface area contributed by atoms with E-state index in [1.54, 1.807) is 0 Å². The predicted octanol–water partition coefficient (Wildman–Crippen LogP) is 3.41. The molecule has 1 saturated heterocycles. The van der Waals surface area contributed by atoms with Crippen LogP contribution in [0.25, 0.3) is 11.3 Å². The Morgan fingerprint density at radius 2 is 1.86 bits per heavy atom. The Balaban J connectivity index is 1.88. The minimum absolute atomic E-state index is 0.871. The van der Waals surface area contributed by atoms with Gasteiger partial charge in [0.1, 0.15) is 11.6 Å². The van der Waals surface area contributed by atoms with Crippen molar-refractivity contribution in [3.63, 3.8) is 0 Å². The van der Waals surface area contributed by atoms with Crippen LogP contribution in [0.1, 0.15) is 30.7 Å². The number of aryl methyl sites for hydroxylation is 1. The van der Waals surface area contributed by atoms with Gasteiger partial charge in [0, 0.05) is 36.4 Å². The van der Waals surface area contributed by atoms with Crippen molar-refractivity contribution in [3.8, 4) is 11.3 Å². The van der Waals surface area contributed by atoms with E-state index in [9.17, 15) is 0 Å². The van der Waals surface area contributed by atoms with E-state index >= 15 is 0 Å². The molecule has 4 rings (SSSR count). The lowest BCUT2D eigenvalue weighted by Crippen LogP contribution is -2.31. The van der Waals surface area contributed by atoms with E-state index in [0.717, 1.165) is 37.6 Å². The lowest BCUT2D eigenvalue weighted by Gasteiger charge is -2.30. The molecule has 1 fully saturated rings. The molecule has 0 unspecified atom stereocenters. The summed E-state index contributed by atoms with van der Waals surface area (Å²) in [6.07, 6.45) is 4.86. The van der Waals surface area contributed by atoms with Crippen molar-refractivity contribution in [2.75, 3.05) is 29.9 Å². The van der Waals surface area contributed by atoms with E-state index in [2.05, 4.69) is 34.5 Å². The minimum atomic E-state index is 0.871. The highest BCUT2D eigenvalue weighted by atomic mass is 15.2. The van der Waals surface area contributed by atoms with E-state index in [4.69, 9.17) is 9.97 Å². The monoisotopic (exact) mass is 294 g/mol. The van der Waals surface area contributed by atoms with Crippen molar-refractivity contribution in [1.82, 2.24) is 9.97 Å². The van der Waals surface area contributed by atoms with E-state index in [-0.39, 0.29) is 0 Å². The minimum Gasteiger partial charge on any atom is -0.384 e. The van der Waals surface area contributed by atoms with Crippen LogP contribution in [0, 0.1) is 6.92 Å². The Kier molecular flexibility index (Phi) is 3.45. The summed E-state index contributed by atoms with van der Waals surface area (Å²) >= 11 is 0. The molecular weight excluding hydrogens is 272 g/mol. The third-order valence-electron chi connectivity index (χ3n) is 4.63. The lowest BCUT2D eigenvalue weighted by molar-refractivity contribution is 0.570. The molecule has 1 N–H and O–H groups in total. The number of para-hydroxylation sites is 1. The van der Waals surface area contributed by atoms with Gasteiger partial charge in [-0.05, 0) is 38.7 Å². The van der Waals surface area contributed by atoms with Crippen molar-refractivity contribution in [3.05, 3.63) is 35.7 Å². The Hall–Kier alpha value is -2.10. The zero-order valence-electron chi connectivity index (χ0n) is 13.1. The highest BCUT2D eigenvalue weighted by Crippen LogP contribution is 2.36. The maximum absolute atomic E-state index is 4.81. The molecule has 0 atom stereocenters. The fourth-order valence-electron chi connectivity index (χ4n) is 3.57. The number of nitrogens with zero attached hydrogens (tertiary/aromatic N) is 3. The molecule has 22 heavy (non-hydrogen) atoms. The fraction of sp³-hybridized carbons (Fsp3) is 0.444. The summed E-state index contributed by atoms with van der Waals surface area (Å²) < 4.78 is 0. The standard InChI is InChI=1S/C18H22N4/c1-13-20-17-14-7-3-4-8-16(14)19-10-9-15(17)18(21-13)22-11-5-2-6-12-22/h3-4,7-8,19H,2,5-6,9-12H2,1H3. The zero-order valence-corrected chi connectivity index (χ0v) is 13.1. The summed E-state index contributed by atoms with van der Waals surface area (Å²) in [7, 11) is 0. The molecule has 2 aliphatic heterocycles. The molecule has 114 valence electrons. The van der Waals surface area contributed by atoms with Crippen molar-refractivity contribution in [1.29, 1.82) is 0 Å². The van der Waals surface area contributed by atoms with Gasteiger partial charge in [-0.1, -0.05) is 18.2 Å². The summed E-state index contributed by atoms with van der Waals surface area (Å²) in [5.41, 5.74) is 4.82. The highest BCUT2D eigenvalue weighted by molar-refractivity contribution is 5.81. The van der Waals surface area contributed by atoms with Crippen LogP contribution in [0.3, 0.4) is 0 Å². The number of fused-ring (bicyclic) bond motifs is 3. The van der Waals surface area contributed by atoms with Crippen LogP contribution in [0.4, 0.5) is 11.5 Å². The van der Waals surface area contributed by atoms with E-state index < -0.39 is 0 Å². The highest BCUT2D eigenvalue weighted by Gasteiger charge is 2.23. The topological polar surface area (TPSA) is 41.1 Å². The van der Waals surface area contributed by atoms with Gasteiger partial charge in [0.05, 0.1) is 5.69 Å². The van der Waals surface area contributed by atoms with E-state index in [1.807, 2.05) is 6.92 Å². The molecule has 2 aliphatic rings. The Labute approximate surface area is 131 Å². The Bertz CT molecular complexity index is 689. The first-order valence-electron chi connectivity index (χ1n) is 8.28. The first-order valence-corrected chi connectivity index (χ1v) is 8.28. The number of nitrogens with one attached hydrogen (secondary N) is 1. The van der Waals surface area contributed by atoms with Crippen molar-refractivity contribution in [2.45, 2.75) is 32.6 Å². The van der Waals surface area contributed by atoms with Crippen LogP contribution < -0.4 is 10.2 Å². The Morgan fingerprint density at radius 1 is 1.05 bits per heavy atom. The molecule has 0 aliphatic carbocycles. The van der Waals surface area contributed by atoms with Gasteiger partial charge in [-0.15, -0.1) is 0 Å². The number of anilines is 2. The molecule has 0 bridgehead atoms. The number of aromatic nitrogens is 2. The quantitative estimate of drug-likeness (QED) is 0.875. The van der Waals surface area contributed by atoms with Gasteiger partial charge in [-0.25, -0.2) is 9.97 Å². The van der Waals surface area contributed by atoms with Gasteiger partial charge in [-0.3, -0.25) is 0 Å². The summed E-state index contributed by atoms with van der Waals surface area (Å²) in [6, 6.07) is 8.48. The molecular formula is C18H22N4. The first kappa shape index (κ1) is 13.6. The van der Waals surface area contributed by atoms with Gasteiger partial charge < -0.3 is 10.2 Å². The maximum Gasteiger partial charge on any atom is 0.136 e. The molecule has 0 radical (unpaired) electrons. The van der Waals surface area contributed by atoms with Crippen LogP contribution in [0.2, 0.25) is 0 Å². The average molecular weight is 294 g/mol. The van der Waals surface area contributed by atoms with Crippen LogP contribution >= 0.6 is 0 Å². The summed E-state index contributed by atoms with van der Waals surface area (Å²) in [4.78, 5) is 12.1. The smallest absolute Gasteiger partial charge is 0.136 e. The number of hydrogen-bond acceptors (Lipinski definition) is 4. The molecule has 4 nitrogen and oxygen atoms in total. The van der Waals surface area contributed by atoms with E-state index in [0.29, 0.717) is 0 Å². The zero-order chi connectivity index (χ0) is 14.9. The number of rotatable bonds is 1. The second kappa shape index (κ2) is 5.59. The van der Waals surface area contributed by atoms with Gasteiger partial charge in [0.25, 0.3) is 0 Å². The summed E-state index contributed by atoms with van der Waals surface area (Å²) in [5.74, 6) is 2.04. The van der Waals surface area contributed by atoms with Crippen LogP contribution in [-0.2, 0) is 6.42 Å². The lowest BCUT2D eigenvalue weighted by atomic mass is 10.0. The second-order valence-corrected chi connectivity index (χ2v) is 6.19. The fourth-order valence-corrected chi connectivity index (χ4v) is 3.57. The van der Waals surface area contributed by atoms with Gasteiger partial charge >= 0.3 is 0 Å². The molecule has 1 aromatic heterocycles. The van der Waals surface area contributed by atoms with Crippen LogP contribution in [-0.4, -0.2) is 29.6 Å².